The lowest BCUT2D eigenvalue weighted by atomic mass is 10.4. The molecular formula is C10H23NO3S. The van der Waals surface area contributed by atoms with Crippen LogP contribution in [-0.2, 0) is 14.6 Å². The number of sulfone groups is 1. The number of ether oxygens (including phenoxy) is 1. The van der Waals surface area contributed by atoms with E-state index in [9.17, 15) is 8.42 Å². The van der Waals surface area contributed by atoms with Crippen LogP contribution in [0.15, 0.2) is 0 Å². The highest BCUT2D eigenvalue weighted by Crippen LogP contribution is 1.88. The third-order valence-corrected chi connectivity index (χ3v) is 2.89. The maximum Gasteiger partial charge on any atom is 0.147 e. The van der Waals surface area contributed by atoms with Gasteiger partial charge in [0.15, 0.2) is 0 Å². The van der Waals surface area contributed by atoms with Crippen LogP contribution in [0.5, 0.6) is 0 Å². The first-order chi connectivity index (χ1) is 7.06. The molecule has 0 aliphatic carbocycles. The van der Waals surface area contributed by atoms with Gasteiger partial charge in [-0.05, 0) is 32.4 Å². The molecular weight excluding hydrogens is 214 g/mol. The summed E-state index contributed by atoms with van der Waals surface area (Å²) in [7, 11) is -2.79. The molecule has 0 aliphatic rings. The van der Waals surface area contributed by atoms with Gasteiger partial charge in [-0.2, -0.15) is 0 Å². The Bertz CT molecular complexity index is 227. The van der Waals surface area contributed by atoms with Crippen LogP contribution < -0.4 is 5.32 Å². The molecule has 0 bridgehead atoms. The molecule has 0 fully saturated rings. The Morgan fingerprint density at radius 3 is 2.40 bits per heavy atom. The standard InChI is InChI=1S/C10H23NO3S/c1-3-8-14-9-4-6-11-7-5-10-15(2,12)13/h11H,3-10H2,1-2H3. The minimum atomic E-state index is -2.79. The molecule has 4 nitrogen and oxygen atoms in total. The van der Waals surface area contributed by atoms with E-state index in [4.69, 9.17) is 4.74 Å². The third-order valence-electron chi connectivity index (χ3n) is 1.86. The molecule has 92 valence electrons. The molecule has 0 aromatic heterocycles. The van der Waals surface area contributed by atoms with Gasteiger partial charge in [-0.1, -0.05) is 6.92 Å². The molecule has 0 aromatic rings. The van der Waals surface area contributed by atoms with Gasteiger partial charge in [-0.3, -0.25) is 0 Å². The Labute approximate surface area is 93.3 Å². The predicted octanol–water partition coefficient (Wildman–Crippen LogP) is 0.827. The second-order valence-electron chi connectivity index (χ2n) is 3.70. The maximum atomic E-state index is 10.8. The monoisotopic (exact) mass is 237 g/mol. The van der Waals surface area contributed by atoms with Crippen molar-refractivity contribution in [2.75, 3.05) is 38.3 Å². The summed E-state index contributed by atoms with van der Waals surface area (Å²) in [6, 6.07) is 0. The van der Waals surface area contributed by atoms with Crippen molar-refractivity contribution < 1.29 is 13.2 Å². The maximum absolute atomic E-state index is 10.8. The zero-order chi connectivity index (χ0) is 11.6. The first kappa shape index (κ1) is 14.9. The van der Waals surface area contributed by atoms with Gasteiger partial charge in [-0.25, -0.2) is 8.42 Å². The van der Waals surface area contributed by atoms with Crippen LogP contribution in [0, 0.1) is 0 Å². The van der Waals surface area contributed by atoms with Crippen molar-refractivity contribution in [3.05, 3.63) is 0 Å². The molecule has 0 atom stereocenters. The molecule has 0 unspecified atom stereocenters. The van der Waals surface area contributed by atoms with E-state index in [0.717, 1.165) is 39.1 Å². The van der Waals surface area contributed by atoms with E-state index in [1.165, 1.54) is 6.26 Å². The van der Waals surface area contributed by atoms with Crippen molar-refractivity contribution in [3.63, 3.8) is 0 Å². The van der Waals surface area contributed by atoms with Crippen molar-refractivity contribution in [2.24, 2.45) is 0 Å². The molecule has 15 heavy (non-hydrogen) atoms. The zero-order valence-electron chi connectivity index (χ0n) is 9.79. The molecule has 0 radical (unpaired) electrons. The quantitative estimate of drug-likeness (QED) is 0.572. The van der Waals surface area contributed by atoms with Gasteiger partial charge in [0, 0.05) is 19.5 Å². The number of hydrogen-bond acceptors (Lipinski definition) is 4. The first-order valence-corrected chi connectivity index (χ1v) is 7.58. The van der Waals surface area contributed by atoms with Crippen LogP contribution in [0.2, 0.25) is 0 Å². The van der Waals surface area contributed by atoms with E-state index in [-0.39, 0.29) is 5.75 Å². The predicted molar refractivity (Wildman–Crippen MR) is 62.9 cm³/mol. The minimum absolute atomic E-state index is 0.270. The molecule has 0 aliphatic heterocycles. The second kappa shape index (κ2) is 9.12. The lowest BCUT2D eigenvalue weighted by Gasteiger charge is -2.04. The highest BCUT2D eigenvalue weighted by atomic mass is 32.2. The highest BCUT2D eigenvalue weighted by molar-refractivity contribution is 7.90. The molecule has 0 rings (SSSR count). The van der Waals surface area contributed by atoms with E-state index in [1.54, 1.807) is 0 Å². The lowest BCUT2D eigenvalue weighted by molar-refractivity contribution is 0.132. The van der Waals surface area contributed by atoms with Crippen LogP contribution >= 0.6 is 0 Å². The molecule has 5 heteroatoms. The summed E-state index contributed by atoms with van der Waals surface area (Å²) in [6.07, 6.45) is 4.00. The van der Waals surface area contributed by atoms with E-state index < -0.39 is 9.84 Å². The SMILES string of the molecule is CCCOCCCNCCCS(C)(=O)=O. The second-order valence-corrected chi connectivity index (χ2v) is 5.96. The summed E-state index contributed by atoms with van der Waals surface area (Å²) >= 11 is 0. The molecule has 0 heterocycles. The van der Waals surface area contributed by atoms with Crippen LogP contribution in [0.25, 0.3) is 0 Å². The van der Waals surface area contributed by atoms with E-state index in [1.807, 2.05) is 0 Å². The molecule has 0 aromatic carbocycles. The fraction of sp³-hybridized carbons (Fsp3) is 1.00. The Morgan fingerprint density at radius 1 is 1.13 bits per heavy atom. The van der Waals surface area contributed by atoms with Crippen molar-refractivity contribution in [3.8, 4) is 0 Å². The van der Waals surface area contributed by atoms with Gasteiger partial charge in [0.1, 0.15) is 9.84 Å². The zero-order valence-corrected chi connectivity index (χ0v) is 10.6. The first-order valence-electron chi connectivity index (χ1n) is 5.52. The highest BCUT2D eigenvalue weighted by Gasteiger charge is 2.00. The van der Waals surface area contributed by atoms with Crippen molar-refractivity contribution in [1.82, 2.24) is 5.32 Å². The average Bonchev–Trinajstić information content (AvgIpc) is 2.14. The van der Waals surface area contributed by atoms with Crippen LogP contribution in [0.3, 0.4) is 0 Å². The number of hydrogen-bond donors (Lipinski definition) is 1. The summed E-state index contributed by atoms with van der Waals surface area (Å²) in [4.78, 5) is 0. The summed E-state index contributed by atoms with van der Waals surface area (Å²) in [5.74, 6) is 0.270. The molecule has 0 spiro atoms. The minimum Gasteiger partial charge on any atom is -0.381 e. The van der Waals surface area contributed by atoms with Crippen LogP contribution in [-0.4, -0.2) is 46.7 Å². The summed E-state index contributed by atoms with van der Waals surface area (Å²) in [5, 5.41) is 3.19. The largest absolute Gasteiger partial charge is 0.381 e. The Balaban J connectivity index is 3.06. The van der Waals surface area contributed by atoms with Gasteiger partial charge in [-0.15, -0.1) is 0 Å². The molecule has 0 saturated carbocycles. The van der Waals surface area contributed by atoms with Crippen LogP contribution in [0.4, 0.5) is 0 Å². The van der Waals surface area contributed by atoms with Gasteiger partial charge in [0.25, 0.3) is 0 Å². The fourth-order valence-electron chi connectivity index (χ4n) is 1.13. The van der Waals surface area contributed by atoms with Gasteiger partial charge >= 0.3 is 0 Å². The van der Waals surface area contributed by atoms with E-state index in [2.05, 4.69) is 12.2 Å². The summed E-state index contributed by atoms with van der Waals surface area (Å²) < 4.78 is 26.9. The van der Waals surface area contributed by atoms with Gasteiger partial charge in [0.05, 0.1) is 5.75 Å². The summed E-state index contributed by atoms with van der Waals surface area (Å²) in [5.41, 5.74) is 0. The molecule has 0 saturated heterocycles. The number of nitrogens with one attached hydrogen (secondary N) is 1. The van der Waals surface area contributed by atoms with E-state index in [0.29, 0.717) is 6.42 Å². The Morgan fingerprint density at radius 2 is 1.80 bits per heavy atom. The fourth-order valence-corrected chi connectivity index (χ4v) is 1.80. The Hall–Kier alpha value is -0.130. The van der Waals surface area contributed by atoms with Crippen molar-refractivity contribution >= 4 is 9.84 Å². The summed E-state index contributed by atoms with van der Waals surface area (Å²) in [6.45, 7) is 5.36. The topological polar surface area (TPSA) is 55.4 Å². The van der Waals surface area contributed by atoms with E-state index >= 15 is 0 Å². The molecule has 1 N–H and O–H groups in total. The smallest absolute Gasteiger partial charge is 0.147 e. The lowest BCUT2D eigenvalue weighted by Crippen LogP contribution is -2.20. The number of rotatable bonds is 10. The normalized spacial score (nSPS) is 11.9. The Kier molecular flexibility index (Phi) is 9.04. The third kappa shape index (κ3) is 13.9. The van der Waals surface area contributed by atoms with Crippen molar-refractivity contribution in [2.45, 2.75) is 26.2 Å². The van der Waals surface area contributed by atoms with Crippen LogP contribution in [0.1, 0.15) is 26.2 Å². The van der Waals surface area contributed by atoms with Gasteiger partial charge < -0.3 is 10.1 Å². The molecule has 0 amide bonds. The average molecular weight is 237 g/mol. The van der Waals surface area contributed by atoms with Gasteiger partial charge in [0.2, 0.25) is 0 Å². The van der Waals surface area contributed by atoms with Crippen molar-refractivity contribution in [1.29, 1.82) is 0 Å².